The van der Waals surface area contributed by atoms with Gasteiger partial charge in [-0.15, -0.1) is 11.6 Å². The molecule has 2 nitrogen and oxygen atoms in total. The van der Waals surface area contributed by atoms with Crippen molar-refractivity contribution >= 4 is 38.6 Å². The molecule has 0 spiro atoms. The number of alkyl halides is 1. The van der Waals surface area contributed by atoms with Gasteiger partial charge in [-0.3, -0.25) is 0 Å². The lowest BCUT2D eigenvalue weighted by Crippen LogP contribution is -2.17. The van der Waals surface area contributed by atoms with Crippen molar-refractivity contribution in [1.29, 1.82) is 0 Å². The van der Waals surface area contributed by atoms with Crippen LogP contribution in [0.5, 0.6) is 0 Å². The van der Waals surface area contributed by atoms with Gasteiger partial charge < -0.3 is 4.57 Å². The first-order valence-electron chi connectivity index (χ1n) is 5.72. The van der Waals surface area contributed by atoms with Crippen molar-refractivity contribution in [3.8, 4) is 0 Å². The van der Waals surface area contributed by atoms with Crippen LogP contribution in [0, 0.1) is 11.2 Å². The monoisotopic (exact) mass is 332 g/mol. The molecule has 1 heterocycles. The minimum Gasteiger partial charge on any atom is -0.326 e. The summed E-state index contributed by atoms with van der Waals surface area (Å²) in [5, 5.41) is 0. The number of aromatic nitrogens is 2. The Morgan fingerprint density at radius 3 is 2.61 bits per heavy atom. The molecule has 98 valence electrons. The van der Waals surface area contributed by atoms with E-state index in [1.54, 1.807) is 6.07 Å². The highest BCUT2D eigenvalue weighted by Crippen LogP contribution is 2.27. The van der Waals surface area contributed by atoms with Gasteiger partial charge in [-0.1, -0.05) is 20.8 Å². The summed E-state index contributed by atoms with van der Waals surface area (Å²) >= 11 is 9.10. The maximum absolute atomic E-state index is 13.7. The molecule has 5 heteroatoms. The fourth-order valence-electron chi connectivity index (χ4n) is 1.92. The minimum absolute atomic E-state index is 0.0813. The van der Waals surface area contributed by atoms with E-state index in [1.807, 2.05) is 4.57 Å². The summed E-state index contributed by atoms with van der Waals surface area (Å²) in [6, 6.07) is 3.20. The third-order valence-electron chi connectivity index (χ3n) is 2.62. The molecule has 0 N–H and O–H groups in total. The molecule has 2 rings (SSSR count). The van der Waals surface area contributed by atoms with E-state index in [0.29, 0.717) is 10.4 Å². The predicted molar refractivity (Wildman–Crippen MR) is 76.4 cm³/mol. The molecule has 0 aliphatic carbocycles. The lowest BCUT2D eigenvalue weighted by molar-refractivity contribution is 0.344. The van der Waals surface area contributed by atoms with Crippen LogP contribution in [0.1, 0.15) is 26.6 Å². The van der Waals surface area contributed by atoms with Gasteiger partial charge in [0.2, 0.25) is 0 Å². The lowest BCUT2D eigenvalue weighted by atomic mass is 9.97. The molecule has 0 bridgehead atoms. The van der Waals surface area contributed by atoms with E-state index in [9.17, 15) is 4.39 Å². The van der Waals surface area contributed by atoms with Crippen LogP contribution in [0.25, 0.3) is 11.0 Å². The Bertz CT molecular complexity index is 587. The normalized spacial score (nSPS) is 12.3. The van der Waals surface area contributed by atoms with E-state index in [-0.39, 0.29) is 11.2 Å². The minimum atomic E-state index is -0.279. The summed E-state index contributed by atoms with van der Waals surface area (Å²) in [5.74, 6) is 0.821. The number of fused-ring (bicyclic) bond motifs is 1. The van der Waals surface area contributed by atoms with Crippen LogP contribution in [0.15, 0.2) is 16.6 Å². The van der Waals surface area contributed by atoms with Crippen molar-refractivity contribution in [2.45, 2.75) is 33.2 Å². The molecular weight excluding hydrogens is 319 g/mol. The molecule has 0 unspecified atom stereocenters. The van der Waals surface area contributed by atoms with E-state index in [4.69, 9.17) is 11.6 Å². The van der Waals surface area contributed by atoms with Gasteiger partial charge in [-0.05, 0) is 27.4 Å². The number of benzene rings is 1. The van der Waals surface area contributed by atoms with Crippen molar-refractivity contribution in [2.24, 2.45) is 5.41 Å². The van der Waals surface area contributed by atoms with Gasteiger partial charge in [0.05, 0.1) is 21.4 Å². The van der Waals surface area contributed by atoms with Gasteiger partial charge in [-0.2, -0.15) is 0 Å². The Morgan fingerprint density at radius 2 is 2.06 bits per heavy atom. The Hall–Kier alpha value is -0.610. The Morgan fingerprint density at radius 1 is 1.39 bits per heavy atom. The molecule has 1 aromatic carbocycles. The van der Waals surface area contributed by atoms with Gasteiger partial charge in [0.1, 0.15) is 11.6 Å². The third-order valence-corrected chi connectivity index (χ3v) is 3.47. The SMILES string of the molecule is CC(C)(C)Cn1c(CCl)nc2cc(Br)c(F)cc21. The van der Waals surface area contributed by atoms with Crippen molar-refractivity contribution in [3.05, 3.63) is 28.2 Å². The maximum atomic E-state index is 13.7. The van der Waals surface area contributed by atoms with E-state index >= 15 is 0 Å². The molecule has 0 amide bonds. The molecule has 18 heavy (non-hydrogen) atoms. The van der Waals surface area contributed by atoms with Gasteiger partial charge in [0, 0.05) is 12.6 Å². The fraction of sp³-hybridized carbons (Fsp3) is 0.462. The van der Waals surface area contributed by atoms with Gasteiger partial charge >= 0.3 is 0 Å². The van der Waals surface area contributed by atoms with Crippen molar-refractivity contribution in [1.82, 2.24) is 9.55 Å². The predicted octanol–water partition coefficient (Wildman–Crippen LogP) is 4.72. The zero-order valence-electron chi connectivity index (χ0n) is 10.6. The number of hydrogen-bond acceptors (Lipinski definition) is 1. The van der Waals surface area contributed by atoms with E-state index in [0.717, 1.165) is 23.4 Å². The lowest BCUT2D eigenvalue weighted by Gasteiger charge is -2.20. The molecule has 0 fully saturated rings. The number of imidazole rings is 1. The zero-order chi connectivity index (χ0) is 13.5. The Kier molecular flexibility index (Phi) is 3.70. The molecule has 0 radical (unpaired) electrons. The Balaban J connectivity index is 2.65. The van der Waals surface area contributed by atoms with Crippen LogP contribution in [0.2, 0.25) is 0 Å². The molecule has 2 aromatic rings. The highest BCUT2D eigenvalue weighted by molar-refractivity contribution is 9.10. The van der Waals surface area contributed by atoms with Gasteiger partial charge in [0.25, 0.3) is 0 Å². The summed E-state index contributed by atoms with van der Waals surface area (Å²) < 4.78 is 16.1. The number of nitrogens with zero attached hydrogens (tertiary/aromatic N) is 2. The average molecular weight is 334 g/mol. The van der Waals surface area contributed by atoms with Crippen LogP contribution in [0.3, 0.4) is 0 Å². The van der Waals surface area contributed by atoms with E-state index < -0.39 is 0 Å². The van der Waals surface area contributed by atoms with Crippen LogP contribution in [-0.2, 0) is 12.4 Å². The molecule has 0 saturated heterocycles. The topological polar surface area (TPSA) is 17.8 Å². The first kappa shape index (κ1) is 13.8. The highest BCUT2D eigenvalue weighted by Gasteiger charge is 2.18. The quantitative estimate of drug-likeness (QED) is 0.727. The molecule has 0 atom stereocenters. The van der Waals surface area contributed by atoms with Crippen LogP contribution in [-0.4, -0.2) is 9.55 Å². The standard InChI is InChI=1S/C13H15BrClFN2/c1-13(2,3)7-18-11-5-9(16)8(14)4-10(11)17-12(18)6-15/h4-5H,6-7H2,1-3H3. The Labute approximate surface area is 119 Å². The third kappa shape index (κ3) is 2.69. The molecule has 0 saturated carbocycles. The van der Waals surface area contributed by atoms with Crippen molar-refractivity contribution < 1.29 is 4.39 Å². The summed E-state index contributed by atoms with van der Waals surface area (Å²) in [4.78, 5) is 4.45. The number of hydrogen-bond donors (Lipinski definition) is 0. The molecule has 0 aliphatic rings. The summed E-state index contributed by atoms with van der Waals surface area (Å²) in [5.41, 5.74) is 1.64. The molecule has 0 aliphatic heterocycles. The molecular formula is C13H15BrClFN2. The summed E-state index contributed by atoms with van der Waals surface area (Å²) in [6.45, 7) is 7.15. The smallest absolute Gasteiger partial charge is 0.139 e. The summed E-state index contributed by atoms with van der Waals surface area (Å²) in [7, 11) is 0. The van der Waals surface area contributed by atoms with E-state index in [1.165, 1.54) is 6.07 Å². The number of rotatable bonds is 2. The van der Waals surface area contributed by atoms with Crippen molar-refractivity contribution in [3.63, 3.8) is 0 Å². The summed E-state index contributed by atoms with van der Waals surface area (Å²) in [6.07, 6.45) is 0. The van der Waals surface area contributed by atoms with E-state index in [2.05, 4.69) is 41.7 Å². The fourth-order valence-corrected chi connectivity index (χ4v) is 2.46. The largest absolute Gasteiger partial charge is 0.326 e. The van der Waals surface area contributed by atoms with Gasteiger partial charge in [-0.25, -0.2) is 9.37 Å². The highest BCUT2D eigenvalue weighted by atomic mass is 79.9. The first-order valence-corrected chi connectivity index (χ1v) is 7.05. The van der Waals surface area contributed by atoms with Crippen LogP contribution in [0.4, 0.5) is 4.39 Å². The second-order valence-electron chi connectivity index (χ2n) is 5.56. The van der Waals surface area contributed by atoms with Crippen molar-refractivity contribution in [2.75, 3.05) is 0 Å². The first-order chi connectivity index (χ1) is 8.31. The van der Waals surface area contributed by atoms with Gasteiger partial charge in [0.15, 0.2) is 0 Å². The maximum Gasteiger partial charge on any atom is 0.139 e. The second kappa shape index (κ2) is 4.82. The van der Waals surface area contributed by atoms with Crippen LogP contribution < -0.4 is 0 Å². The second-order valence-corrected chi connectivity index (χ2v) is 6.69. The van der Waals surface area contributed by atoms with Crippen LogP contribution >= 0.6 is 27.5 Å². The molecule has 1 aromatic heterocycles. The number of halogens is 3. The average Bonchev–Trinajstić information content (AvgIpc) is 2.55. The zero-order valence-corrected chi connectivity index (χ0v) is 12.9.